The quantitative estimate of drug-likeness (QED) is 0.234. The first-order chi connectivity index (χ1) is 15.9. The van der Waals surface area contributed by atoms with Crippen molar-refractivity contribution in [3.05, 3.63) is 49.2 Å². The number of thiophene rings is 1. The van der Waals surface area contributed by atoms with E-state index in [2.05, 4.69) is 39.3 Å². The zero-order valence-corrected chi connectivity index (χ0v) is 20.7. The lowest BCUT2D eigenvalue weighted by molar-refractivity contribution is -0.384. The second-order valence-electron chi connectivity index (χ2n) is 8.12. The molecule has 1 aliphatic carbocycles. The molecule has 0 aliphatic heterocycles. The Labute approximate surface area is 204 Å². The number of nitrogens with one attached hydrogen (secondary N) is 1. The summed E-state index contributed by atoms with van der Waals surface area (Å²) in [5.41, 5.74) is 2.63. The molecule has 11 heteroatoms. The summed E-state index contributed by atoms with van der Waals surface area (Å²) in [7, 11) is 0. The molecule has 0 radical (unpaired) electrons. The molecule has 0 saturated carbocycles. The number of nitro benzene ring substituents is 1. The number of hydrogen-bond acceptors (Lipinski definition) is 7. The molecule has 1 N–H and O–H groups in total. The zero-order chi connectivity index (χ0) is 23.5. The molecule has 174 valence electrons. The van der Waals surface area contributed by atoms with E-state index < -0.39 is 4.92 Å². The number of carbonyl (C=O) groups is 1. The maximum Gasteiger partial charge on any atom is 0.289 e. The van der Waals surface area contributed by atoms with Gasteiger partial charge in [-0.3, -0.25) is 14.9 Å². The number of thioether (sulfide) groups is 1. The van der Waals surface area contributed by atoms with Crippen LogP contribution in [0.1, 0.15) is 37.1 Å². The first-order valence-electron chi connectivity index (χ1n) is 10.8. The summed E-state index contributed by atoms with van der Waals surface area (Å²) >= 11 is 8.94. The molecule has 1 unspecified atom stereocenters. The molecule has 3 aromatic rings. The molecule has 1 aliphatic rings. The van der Waals surface area contributed by atoms with Gasteiger partial charge in [0, 0.05) is 34.1 Å². The minimum Gasteiger partial charge on any atom is -0.325 e. The Kier molecular flexibility index (Phi) is 7.35. The van der Waals surface area contributed by atoms with Gasteiger partial charge in [0.25, 0.3) is 5.69 Å². The van der Waals surface area contributed by atoms with Crippen molar-refractivity contribution in [1.29, 1.82) is 0 Å². The summed E-state index contributed by atoms with van der Waals surface area (Å²) in [6.07, 6.45) is 4.28. The number of nitro groups is 1. The Morgan fingerprint density at radius 2 is 2.24 bits per heavy atom. The van der Waals surface area contributed by atoms with E-state index in [9.17, 15) is 14.9 Å². The average Bonchev–Trinajstić information content (AvgIpc) is 3.37. The molecule has 4 rings (SSSR count). The number of rotatable bonds is 8. The number of aromatic nitrogens is 3. The van der Waals surface area contributed by atoms with Gasteiger partial charge in [0.1, 0.15) is 5.02 Å². The van der Waals surface area contributed by atoms with Crippen LogP contribution >= 0.6 is 34.7 Å². The SMILES string of the molecule is CCCn1c(SCC(=O)Nc2ccc(Cl)c([N+](=O)[O-])c2)nnc1-c1csc2c1CCC(C)C2. The predicted octanol–water partition coefficient (Wildman–Crippen LogP) is 5.83. The van der Waals surface area contributed by atoms with Gasteiger partial charge < -0.3 is 9.88 Å². The Morgan fingerprint density at radius 3 is 3.00 bits per heavy atom. The summed E-state index contributed by atoms with van der Waals surface area (Å²) in [6.45, 7) is 5.16. The Bertz CT molecular complexity index is 1190. The molecule has 1 aromatic carbocycles. The fourth-order valence-electron chi connectivity index (χ4n) is 3.94. The lowest BCUT2D eigenvalue weighted by Crippen LogP contribution is -2.15. The summed E-state index contributed by atoms with van der Waals surface area (Å²) in [5, 5.41) is 25.5. The number of amides is 1. The monoisotopic (exact) mass is 505 g/mol. The normalized spacial score (nSPS) is 15.3. The van der Waals surface area contributed by atoms with Gasteiger partial charge in [-0.05, 0) is 49.3 Å². The molecule has 1 atom stereocenters. The van der Waals surface area contributed by atoms with Crippen LogP contribution in [-0.4, -0.2) is 31.3 Å². The number of carbonyl (C=O) groups excluding carboxylic acids is 1. The van der Waals surface area contributed by atoms with Gasteiger partial charge in [0.2, 0.25) is 5.91 Å². The number of anilines is 1. The highest BCUT2D eigenvalue weighted by molar-refractivity contribution is 7.99. The second-order valence-corrected chi connectivity index (χ2v) is 10.4. The second kappa shape index (κ2) is 10.2. The van der Waals surface area contributed by atoms with Crippen molar-refractivity contribution >= 4 is 52.0 Å². The van der Waals surface area contributed by atoms with E-state index in [0.717, 1.165) is 37.2 Å². The van der Waals surface area contributed by atoms with Crippen LogP contribution in [0.4, 0.5) is 11.4 Å². The van der Waals surface area contributed by atoms with Crippen LogP contribution in [0.25, 0.3) is 11.4 Å². The summed E-state index contributed by atoms with van der Waals surface area (Å²) in [6, 6.07) is 4.19. The molecule has 2 heterocycles. The third-order valence-corrected chi connectivity index (χ3v) is 7.90. The van der Waals surface area contributed by atoms with Crippen LogP contribution in [0.3, 0.4) is 0 Å². The third kappa shape index (κ3) is 5.23. The molecular formula is C22H24ClN5O3S2. The van der Waals surface area contributed by atoms with E-state index in [4.69, 9.17) is 11.6 Å². The highest BCUT2D eigenvalue weighted by Gasteiger charge is 2.24. The maximum atomic E-state index is 12.5. The molecule has 0 fully saturated rings. The first kappa shape index (κ1) is 23.7. The van der Waals surface area contributed by atoms with Crippen molar-refractivity contribution in [1.82, 2.24) is 14.8 Å². The highest BCUT2D eigenvalue weighted by Crippen LogP contribution is 2.38. The predicted molar refractivity (Wildman–Crippen MR) is 132 cm³/mol. The molecule has 1 amide bonds. The van der Waals surface area contributed by atoms with Gasteiger partial charge in [-0.25, -0.2) is 0 Å². The lowest BCUT2D eigenvalue weighted by Gasteiger charge is -2.19. The number of halogens is 1. The number of hydrogen-bond donors (Lipinski definition) is 1. The van der Waals surface area contributed by atoms with Crippen molar-refractivity contribution < 1.29 is 9.72 Å². The van der Waals surface area contributed by atoms with Crippen LogP contribution in [0.15, 0.2) is 28.7 Å². The Hall–Kier alpha value is -2.43. The number of nitrogens with zero attached hydrogens (tertiary/aromatic N) is 4. The third-order valence-electron chi connectivity index (χ3n) is 5.57. The van der Waals surface area contributed by atoms with Crippen LogP contribution in [0.5, 0.6) is 0 Å². The topological polar surface area (TPSA) is 103 Å². The van der Waals surface area contributed by atoms with Crippen LogP contribution in [-0.2, 0) is 24.2 Å². The first-order valence-corrected chi connectivity index (χ1v) is 13.0. The van der Waals surface area contributed by atoms with E-state index in [1.165, 1.54) is 46.8 Å². The smallest absolute Gasteiger partial charge is 0.289 e. The van der Waals surface area contributed by atoms with Crippen LogP contribution in [0, 0.1) is 16.0 Å². The minimum absolute atomic E-state index is 0.0256. The number of benzene rings is 1. The molecule has 2 aromatic heterocycles. The van der Waals surface area contributed by atoms with Gasteiger partial charge in [-0.2, -0.15) is 0 Å². The van der Waals surface area contributed by atoms with E-state index in [1.54, 1.807) is 11.3 Å². The molecule has 0 saturated heterocycles. The van der Waals surface area contributed by atoms with Crippen molar-refractivity contribution in [3.8, 4) is 11.4 Å². The van der Waals surface area contributed by atoms with Crippen molar-refractivity contribution in [2.75, 3.05) is 11.1 Å². The lowest BCUT2D eigenvalue weighted by atomic mass is 9.88. The average molecular weight is 506 g/mol. The van der Waals surface area contributed by atoms with E-state index in [1.807, 2.05) is 0 Å². The van der Waals surface area contributed by atoms with E-state index >= 15 is 0 Å². The minimum atomic E-state index is -0.578. The van der Waals surface area contributed by atoms with Crippen molar-refractivity contribution in [3.63, 3.8) is 0 Å². The fourth-order valence-corrected chi connectivity index (χ4v) is 6.14. The molecule has 33 heavy (non-hydrogen) atoms. The van der Waals surface area contributed by atoms with Gasteiger partial charge in [0.05, 0.1) is 10.7 Å². The molecule has 8 nitrogen and oxygen atoms in total. The highest BCUT2D eigenvalue weighted by atomic mass is 35.5. The maximum absolute atomic E-state index is 12.5. The van der Waals surface area contributed by atoms with Gasteiger partial charge >= 0.3 is 0 Å². The molecule has 0 spiro atoms. The van der Waals surface area contributed by atoms with E-state index in [0.29, 0.717) is 16.8 Å². The van der Waals surface area contributed by atoms with Crippen molar-refractivity contribution in [2.45, 2.75) is 51.2 Å². The van der Waals surface area contributed by atoms with Crippen LogP contribution < -0.4 is 5.32 Å². The molecule has 0 bridgehead atoms. The number of fused-ring (bicyclic) bond motifs is 1. The Morgan fingerprint density at radius 1 is 1.42 bits per heavy atom. The van der Waals surface area contributed by atoms with Crippen LogP contribution in [0.2, 0.25) is 5.02 Å². The summed E-state index contributed by atoms with van der Waals surface area (Å²) in [5.74, 6) is 1.40. The molecular weight excluding hydrogens is 482 g/mol. The largest absolute Gasteiger partial charge is 0.325 e. The standard InChI is InChI=1S/C22H24ClN5O3S2/c1-3-8-27-21(16-11-32-19-9-13(2)4-6-15(16)19)25-26-22(27)33-12-20(29)24-14-5-7-17(23)18(10-14)28(30)31/h5,7,10-11,13H,3-4,6,8-9,12H2,1-2H3,(H,24,29). The van der Waals surface area contributed by atoms with Crippen molar-refractivity contribution in [2.24, 2.45) is 5.92 Å². The van der Waals surface area contributed by atoms with E-state index in [-0.39, 0.29) is 22.4 Å². The summed E-state index contributed by atoms with van der Waals surface area (Å²) < 4.78 is 2.09. The Balaban J connectivity index is 1.48. The van der Waals surface area contributed by atoms with Gasteiger partial charge in [-0.1, -0.05) is 37.2 Å². The fraction of sp³-hybridized carbons (Fsp3) is 0.409. The zero-order valence-electron chi connectivity index (χ0n) is 18.3. The van der Waals surface area contributed by atoms with Gasteiger partial charge in [-0.15, -0.1) is 21.5 Å². The van der Waals surface area contributed by atoms with Gasteiger partial charge in [0.15, 0.2) is 11.0 Å². The summed E-state index contributed by atoms with van der Waals surface area (Å²) in [4.78, 5) is 24.4.